The molecule has 2 aromatic carbocycles. The van der Waals surface area contributed by atoms with E-state index in [0.717, 1.165) is 18.1 Å². The molecule has 8 nitrogen and oxygen atoms in total. The third-order valence-corrected chi connectivity index (χ3v) is 4.33. The SMILES string of the molecule is CC[C@H](C)c1ccccc1NC(=O)COC(=O)c1cc([N+](=O)[O-])ccc1OC. The molecule has 148 valence electrons. The van der Waals surface area contributed by atoms with Gasteiger partial charge in [0.25, 0.3) is 11.6 Å². The van der Waals surface area contributed by atoms with Crippen LogP contribution < -0.4 is 10.1 Å². The summed E-state index contributed by atoms with van der Waals surface area (Å²) in [6.07, 6.45) is 0.911. The van der Waals surface area contributed by atoms with Crippen molar-refractivity contribution in [3.63, 3.8) is 0 Å². The molecular formula is C20H22N2O6. The lowest BCUT2D eigenvalue weighted by atomic mass is 9.97. The maximum Gasteiger partial charge on any atom is 0.342 e. The van der Waals surface area contributed by atoms with Gasteiger partial charge in [-0.15, -0.1) is 0 Å². The van der Waals surface area contributed by atoms with E-state index >= 15 is 0 Å². The molecule has 0 saturated heterocycles. The minimum atomic E-state index is -0.883. The first kappa shape index (κ1) is 20.9. The zero-order chi connectivity index (χ0) is 20.7. The quantitative estimate of drug-likeness (QED) is 0.419. The summed E-state index contributed by atoms with van der Waals surface area (Å²) in [6, 6.07) is 11.0. The van der Waals surface area contributed by atoms with E-state index in [1.54, 1.807) is 6.07 Å². The second kappa shape index (κ2) is 9.50. The summed E-state index contributed by atoms with van der Waals surface area (Å²) >= 11 is 0. The highest BCUT2D eigenvalue weighted by Crippen LogP contribution is 2.27. The minimum absolute atomic E-state index is 0.121. The van der Waals surface area contributed by atoms with Crippen molar-refractivity contribution in [1.29, 1.82) is 0 Å². The first-order valence-corrected chi connectivity index (χ1v) is 8.75. The number of benzene rings is 2. The number of amides is 1. The minimum Gasteiger partial charge on any atom is -0.496 e. The number of nitrogens with zero attached hydrogens (tertiary/aromatic N) is 1. The lowest BCUT2D eigenvalue weighted by Crippen LogP contribution is -2.22. The lowest BCUT2D eigenvalue weighted by Gasteiger charge is -2.15. The lowest BCUT2D eigenvalue weighted by molar-refractivity contribution is -0.384. The number of esters is 1. The van der Waals surface area contributed by atoms with Gasteiger partial charge < -0.3 is 14.8 Å². The Kier molecular flexibility index (Phi) is 7.08. The summed E-state index contributed by atoms with van der Waals surface area (Å²) in [5.74, 6) is -1.01. The van der Waals surface area contributed by atoms with Crippen LogP contribution in [0.15, 0.2) is 42.5 Å². The molecule has 0 aliphatic rings. The second-order valence-corrected chi connectivity index (χ2v) is 6.16. The van der Waals surface area contributed by atoms with Gasteiger partial charge in [0, 0.05) is 17.8 Å². The van der Waals surface area contributed by atoms with Crippen molar-refractivity contribution >= 4 is 23.3 Å². The molecule has 0 saturated carbocycles. The Bertz CT molecular complexity index is 881. The van der Waals surface area contributed by atoms with Crippen LogP contribution in [0.3, 0.4) is 0 Å². The summed E-state index contributed by atoms with van der Waals surface area (Å²) in [7, 11) is 1.33. The molecule has 0 bridgehead atoms. The number of para-hydroxylation sites is 1. The van der Waals surface area contributed by atoms with Crippen molar-refractivity contribution in [1.82, 2.24) is 0 Å². The van der Waals surface area contributed by atoms with Crippen LogP contribution in [0, 0.1) is 10.1 Å². The van der Waals surface area contributed by atoms with Crippen LogP contribution in [0.5, 0.6) is 5.75 Å². The van der Waals surface area contributed by atoms with Gasteiger partial charge in [0.15, 0.2) is 6.61 Å². The zero-order valence-corrected chi connectivity index (χ0v) is 15.9. The molecule has 0 unspecified atom stereocenters. The summed E-state index contributed by atoms with van der Waals surface area (Å²) in [6.45, 7) is 3.58. The highest BCUT2D eigenvalue weighted by atomic mass is 16.6. The molecule has 0 radical (unpaired) electrons. The number of methoxy groups -OCH3 is 1. The third kappa shape index (κ3) is 5.06. The van der Waals surface area contributed by atoms with Crippen LogP contribution in [0.2, 0.25) is 0 Å². The number of ether oxygens (including phenoxy) is 2. The van der Waals surface area contributed by atoms with Crippen molar-refractivity contribution in [3.05, 3.63) is 63.7 Å². The molecule has 1 N–H and O–H groups in total. The molecule has 0 spiro atoms. The van der Waals surface area contributed by atoms with E-state index in [9.17, 15) is 19.7 Å². The number of rotatable bonds is 8. The predicted octanol–water partition coefficient (Wildman–Crippen LogP) is 3.91. The Hall–Kier alpha value is -3.42. The third-order valence-electron chi connectivity index (χ3n) is 4.33. The number of carbonyl (C=O) groups excluding carboxylic acids is 2. The van der Waals surface area contributed by atoms with Crippen LogP contribution >= 0.6 is 0 Å². The van der Waals surface area contributed by atoms with E-state index < -0.39 is 23.4 Å². The van der Waals surface area contributed by atoms with E-state index in [1.807, 2.05) is 18.2 Å². The molecule has 1 amide bonds. The van der Waals surface area contributed by atoms with Crippen molar-refractivity contribution < 1.29 is 24.0 Å². The number of anilines is 1. The predicted molar refractivity (Wildman–Crippen MR) is 104 cm³/mol. The molecule has 0 aliphatic heterocycles. The Morgan fingerprint density at radius 2 is 1.93 bits per heavy atom. The normalized spacial score (nSPS) is 11.4. The number of nitro benzene ring substituents is 1. The fourth-order valence-electron chi connectivity index (χ4n) is 2.62. The summed E-state index contributed by atoms with van der Waals surface area (Å²) in [5, 5.41) is 13.6. The van der Waals surface area contributed by atoms with Gasteiger partial charge in [0.2, 0.25) is 0 Å². The molecule has 1 atom stereocenters. The van der Waals surface area contributed by atoms with Crippen LogP contribution in [-0.4, -0.2) is 30.5 Å². The Morgan fingerprint density at radius 1 is 1.21 bits per heavy atom. The van der Waals surface area contributed by atoms with E-state index in [-0.39, 0.29) is 22.9 Å². The van der Waals surface area contributed by atoms with Gasteiger partial charge >= 0.3 is 5.97 Å². The van der Waals surface area contributed by atoms with E-state index in [1.165, 1.54) is 19.2 Å². The molecule has 0 aliphatic carbocycles. The Labute approximate surface area is 162 Å². The largest absolute Gasteiger partial charge is 0.496 e. The maximum absolute atomic E-state index is 12.3. The van der Waals surface area contributed by atoms with Gasteiger partial charge in [-0.05, 0) is 30.0 Å². The van der Waals surface area contributed by atoms with Gasteiger partial charge in [-0.2, -0.15) is 0 Å². The Morgan fingerprint density at radius 3 is 2.57 bits per heavy atom. The van der Waals surface area contributed by atoms with Crippen LogP contribution in [0.25, 0.3) is 0 Å². The maximum atomic E-state index is 12.3. The van der Waals surface area contributed by atoms with Gasteiger partial charge in [0.05, 0.1) is 12.0 Å². The highest BCUT2D eigenvalue weighted by Gasteiger charge is 2.20. The van der Waals surface area contributed by atoms with E-state index in [4.69, 9.17) is 9.47 Å². The van der Waals surface area contributed by atoms with Gasteiger partial charge in [0.1, 0.15) is 11.3 Å². The number of hydrogen-bond acceptors (Lipinski definition) is 6. The number of nitro groups is 1. The molecule has 2 rings (SSSR count). The van der Waals surface area contributed by atoms with Crippen molar-refractivity contribution in [2.75, 3.05) is 19.0 Å². The van der Waals surface area contributed by atoms with E-state index in [0.29, 0.717) is 5.69 Å². The average Bonchev–Trinajstić information content (AvgIpc) is 2.71. The number of carbonyl (C=O) groups is 2. The molecular weight excluding hydrogens is 364 g/mol. The Balaban J connectivity index is 2.07. The molecule has 8 heteroatoms. The van der Waals surface area contributed by atoms with Gasteiger partial charge in [-0.3, -0.25) is 14.9 Å². The number of non-ortho nitro benzene ring substituents is 1. The van der Waals surface area contributed by atoms with Gasteiger partial charge in [-0.25, -0.2) is 4.79 Å². The topological polar surface area (TPSA) is 108 Å². The van der Waals surface area contributed by atoms with Crippen molar-refractivity contribution in [2.24, 2.45) is 0 Å². The number of hydrogen-bond donors (Lipinski definition) is 1. The molecule has 0 fully saturated rings. The summed E-state index contributed by atoms with van der Waals surface area (Å²) in [4.78, 5) is 34.8. The van der Waals surface area contributed by atoms with Gasteiger partial charge in [-0.1, -0.05) is 32.0 Å². The average molecular weight is 386 g/mol. The second-order valence-electron chi connectivity index (χ2n) is 6.16. The monoisotopic (exact) mass is 386 g/mol. The summed E-state index contributed by atoms with van der Waals surface area (Å²) < 4.78 is 10.0. The fourth-order valence-corrected chi connectivity index (χ4v) is 2.62. The molecule has 28 heavy (non-hydrogen) atoms. The molecule has 0 heterocycles. The standard InChI is InChI=1S/C20H22N2O6/c1-4-13(2)15-7-5-6-8-17(15)21-19(23)12-28-20(24)16-11-14(22(25)26)9-10-18(16)27-3/h5-11,13H,4,12H2,1-3H3,(H,21,23)/t13-/m0/s1. The molecule has 0 aromatic heterocycles. The zero-order valence-electron chi connectivity index (χ0n) is 15.9. The van der Waals surface area contributed by atoms with Crippen molar-refractivity contribution in [3.8, 4) is 5.75 Å². The van der Waals surface area contributed by atoms with Crippen LogP contribution in [0.4, 0.5) is 11.4 Å². The van der Waals surface area contributed by atoms with Crippen LogP contribution in [-0.2, 0) is 9.53 Å². The first-order chi connectivity index (χ1) is 13.4. The van der Waals surface area contributed by atoms with Crippen molar-refractivity contribution in [2.45, 2.75) is 26.2 Å². The van der Waals surface area contributed by atoms with Crippen LogP contribution in [0.1, 0.15) is 42.1 Å². The summed E-state index contributed by atoms with van der Waals surface area (Å²) in [5.41, 5.74) is 1.25. The van der Waals surface area contributed by atoms with E-state index in [2.05, 4.69) is 19.2 Å². The highest BCUT2D eigenvalue weighted by molar-refractivity contribution is 5.97. The smallest absolute Gasteiger partial charge is 0.342 e. The molecule has 2 aromatic rings. The first-order valence-electron chi connectivity index (χ1n) is 8.75. The fraction of sp³-hybridized carbons (Fsp3) is 0.300. The number of nitrogens with one attached hydrogen (secondary N) is 1.